The fourth-order valence-corrected chi connectivity index (χ4v) is 6.83. The molecular formula is C25H24N2O3S2. The molecule has 164 valence electrons. The molecule has 0 N–H and O–H groups in total. The SMILES string of the molecule is C=CCn1c(SCc2cc(=O)oc3cc(C)ccc23)nc2sc3c(c2c1=O)CCC(C)C3. The molecule has 4 aromatic rings. The van der Waals surface area contributed by atoms with Crippen LogP contribution >= 0.6 is 23.1 Å². The van der Waals surface area contributed by atoms with Crippen LogP contribution in [0.25, 0.3) is 21.2 Å². The van der Waals surface area contributed by atoms with Gasteiger partial charge in [0, 0.05) is 28.6 Å². The number of benzene rings is 1. The molecule has 1 aromatic carbocycles. The monoisotopic (exact) mass is 464 g/mol. The Labute approximate surface area is 193 Å². The third kappa shape index (κ3) is 3.73. The summed E-state index contributed by atoms with van der Waals surface area (Å²) in [5, 5.41) is 2.34. The fraction of sp³-hybridized carbons (Fsp3) is 0.320. The first kappa shape index (κ1) is 21.2. The van der Waals surface area contributed by atoms with E-state index in [1.54, 1.807) is 22.0 Å². The highest BCUT2D eigenvalue weighted by molar-refractivity contribution is 7.98. The minimum Gasteiger partial charge on any atom is -0.423 e. The molecule has 1 aliphatic carbocycles. The predicted octanol–water partition coefficient (Wildman–Crippen LogP) is 5.48. The van der Waals surface area contributed by atoms with Gasteiger partial charge < -0.3 is 4.42 Å². The number of aromatic nitrogens is 2. The molecule has 3 heterocycles. The predicted molar refractivity (Wildman–Crippen MR) is 132 cm³/mol. The van der Waals surface area contributed by atoms with Crippen LogP contribution in [0.15, 0.2) is 56.1 Å². The smallest absolute Gasteiger partial charge is 0.336 e. The van der Waals surface area contributed by atoms with E-state index in [1.165, 1.54) is 28.3 Å². The van der Waals surface area contributed by atoms with Crippen molar-refractivity contribution in [2.45, 2.75) is 50.6 Å². The molecule has 5 rings (SSSR count). The van der Waals surface area contributed by atoms with Crippen LogP contribution in [-0.4, -0.2) is 9.55 Å². The van der Waals surface area contributed by atoms with Gasteiger partial charge in [-0.05, 0) is 54.9 Å². The quantitative estimate of drug-likeness (QED) is 0.169. The summed E-state index contributed by atoms with van der Waals surface area (Å²) in [6, 6.07) is 7.39. The van der Waals surface area contributed by atoms with Crippen molar-refractivity contribution in [3.63, 3.8) is 0 Å². The van der Waals surface area contributed by atoms with E-state index in [0.29, 0.717) is 29.0 Å². The molecular weight excluding hydrogens is 440 g/mol. The molecule has 0 aliphatic heterocycles. The Hall–Kier alpha value is -2.64. The number of nitrogens with zero attached hydrogens (tertiary/aromatic N) is 2. The molecule has 1 aliphatic rings. The average Bonchev–Trinajstić information content (AvgIpc) is 3.11. The number of thiophene rings is 1. The summed E-state index contributed by atoms with van der Waals surface area (Å²) in [6.45, 7) is 8.47. The van der Waals surface area contributed by atoms with Crippen molar-refractivity contribution in [1.82, 2.24) is 9.55 Å². The second-order valence-electron chi connectivity index (χ2n) is 8.51. The second kappa shape index (κ2) is 8.37. The molecule has 0 amide bonds. The lowest BCUT2D eigenvalue weighted by Crippen LogP contribution is -2.23. The third-order valence-electron chi connectivity index (χ3n) is 6.03. The van der Waals surface area contributed by atoms with Crippen LogP contribution < -0.4 is 11.2 Å². The molecule has 0 saturated carbocycles. The first-order valence-corrected chi connectivity index (χ1v) is 12.6. The number of hydrogen-bond acceptors (Lipinski definition) is 6. The van der Waals surface area contributed by atoms with Gasteiger partial charge in [-0.1, -0.05) is 36.9 Å². The van der Waals surface area contributed by atoms with Crippen molar-refractivity contribution >= 4 is 44.3 Å². The molecule has 0 bridgehead atoms. The molecule has 5 nitrogen and oxygen atoms in total. The Morgan fingerprint density at radius 1 is 1.34 bits per heavy atom. The highest BCUT2D eigenvalue weighted by atomic mass is 32.2. The van der Waals surface area contributed by atoms with Gasteiger partial charge in [0.25, 0.3) is 5.56 Å². The van der Waals surface area contributed by atoms with Gasteiger partial charge in [0.2, 0.25) is 0 Å². The van der Waals surface area contributed by atoms with Gasteiger partial charge in [-0.25, -0.2) is 9.78 Å². The molecule has 0 radical (unpaired) electrons. The zero-order valence-corrected chi connectivity index (χ0v) is 19.8. The third-order valence-corrected chi connectivity index (χ3v) is 8.21. The number of allylic oxidation sites excluding steroid dienone is 1. The maximum atomic E-state index is 13.5. The number of fused-ring (bicyclic) bond motifs is 4. The van der Waals surface area contributed by atoms with Gasteiger partial charge >= 0.3 is 5.63 Å². The van der Waals surface area contributed by atoms with E-state index in [4.69, 9.17) is 9.40 Å². The van der Waals surface area contributed by atoms with Crippen LogP contribution in [0.5, 0.6) is 0 Å². The highest BCUT2D eigenvalue weighted by Crippen LogP contribution is 2.37. The topological polar surface area (TPSA) is 65.1 Å². The molecule has 7 heteroatoms. The van der Waals surface area contributed by atoms with Crippen molar-refractivity contribution in [1.29, 1.82) is 0 Å². The first-order chi connectivity index (χ1) is 15.4. The lowest BCUT2D eigenvalue weighted by molar-refractivity contribution is 0.509. The lowest BCUT2D eigenvalue weighted by Gasteiger charge is -2.17. The van der Waals surface area contributed by atoms with E-state index in [-0.39, 0.29) is 11.2 Å². The zero-order valence-electron chi connectivity index (χ0n) is 18.1. The lowest BCUT2D eigenvalue weighted by atomic mass is 9.89. The Kier molecular flexibility index (Phi) is 5.55. The standard InChI is InChI=1S/C25H24N2O3S2/c1-4-9-27-24(29)22-18-8-6-15(3)11-20(18)32-23(22)26-25(27)31-13-16-12-21(28)30-19-10-14(2)5-7-17(16)19/h4-5,7,10,12,15H,1,6,8-9,11,13H2,2-3H3. The Morgan fingerprint density at radius 3 is 3.00 bits per heavy atom. The van der Waals surface area contributed by atoms with Crippen LogP contribution in [0.3, 0.4) is 0 Å². The molecule has 0 saturated heterocycles. The highest BCUT2D eigenvalue weighted by Gasteiger charge is 2.24. The largest absolute Gasteiger partial charge is 0.423 e. The van der Waals surface area contributed by atoms with E-state index in [0.717, 1.165) is 46.0 Å². The van der Waals surface area contributed by atoms with Crippen LogP contribution in [0, 0.1) is 12.8 Å². The van der Waals surface area contributed by atoms with Gasteiger partial charge in [-0.15, -0.1) is 17.9 Å². The average molecular weight is 465 g/mol. The summed E-state index contributed by atoms with van der Waals surface area (Å²) >= 11 is 3.13. The van der Waals surface area contributed by atoms with E-state index in [2.05, 4.69) is 13.5 Å². The van der Waals surface area contributed by atoms with Crippen LogP contribution in [0.4, 0.5) is 0 Å². The van der Waals surface area contributed by atoms with E-state index < -0.39 is 0 Å². The molecule has 1 unspecified atom stereocenters. The Balaban J connectivity index is 1.58. The summed E-state index contributed by atoms with van der Waals surface area (Å²) in [4.78, 5) is 32.6. The summed E-state index contributed by atoms with van der Waals surface area (Å²) in [5.41, 5.74) is 3.33. The second-order valence-corrected chi connectivity index (χ2v) is 10.5. The van der Waals surface area contributed by atoms with Gasteiger partial charge in [0.15, 0.2) is 5.16 Å². The van der Waals surface area contributed by atoms with Crippen molar-refractivity contribution in [3.05, 3.63) is 79.3 Å². The molecule has 3 aromatic heterocycles. The molecule has 0 fully saturated rings. The van der Waals surface area contributed by atoms with E-state index in [9.17, 15) is 9.59 Å². The summed E-state index contributed by atoms with van der Waals surface area (Å²) in [7, 11) is 0. The summed E-state index contributed by atoms with van der Waals surface area (Å²) < 4.78 is 7.09. The van der Waals surface area contributed by atoms with Crippen molar-refractivity contribution in [3.8, 4) is 0 Å². The van der Waals surface area contributed by atoms with Gasteiger partial charge in [-0.2, -0.15) is 0 Å². The Morgan fingerprint density at radius 2 is 2.19 bits per heavy atom. The molecule has 32 heavy (non-hydrogen) atoms. The summed E-state index contributed by atoms with van der Waals surface area (Å²) in [5.74, 6) is 1.16. The maximum absolute atomic E-state index is 13.5. The van der Waals surface area contributed by atoms with Crippen molar-refractivity contribution in [2.75, 3.05) is 0 Å². The van der Waals surface area contributed by atoms with Crippen LogP contribution in [0.1, 0.15) is 34.9 Å². The molecule has 0 spiro atoms. The van der Waals surface area contributed by atoms with Crippen LogP contribution in [-0.2, 0) is 25.1 Å². The molecule has 1 atom stereocenters. The Bertz CT molecular complexity index is 1480. The van der Waals surface area contributed by atoms with Gasteiger partial charge in [-0.3, -0.25) is 9.36 Å². The van der Waals surface area contributed by atoms with E-state index >= 15 is 0 Å². The number of aryl methyl sites for hydroxylation is 2. The van der Waals surface area contributed by atoms with Gasteiger partial charge in [0.05, 0.1) is 5.39 Å². The maximum Gasteiger partial charge on any atom is 0.336 e. The number of rotatable bonds is 5. The van der Waals surface area contributed by atoms with Crippen molar-refractivity contribution < 1.29 is 4.42 Å². The number of thioether (sulfide) groups is 1. The first-order valence-electron chi connectivity index (χ1n) is 10.8. The van der Waals surface area contributed by atoms with Crippen LogP contribution in [0.2, 0.25) is 0 Å². The minimum atomic E-state index is -0.370. The summed E-state index contributed by atoms with van der Waals surface area (Å²) in [6.07, 6.45) is 4.80. The van der Waals surface area contributed by atoms with E-state index in [1.807, 2.05) is 25.1 Å². The number of hydrogen-bond donors (Lipinski definition) is 0. The van der Waals surface area contributed by atoms with Gasteiger partial charge in [0.1, 0.15) is 10.4 Å². The minimum absolute atomic E-state index is 0.0116. The zero-order chi connectivity index (χ0) is 22.4. The van der Waals surface area contributed by atoms with Crippen molar-refractivity contribution in [2.24, 2.45) is 5.92 Å². The fourth-order valence-electron chi connectivity index (χ4n) is 4.40. The normalized spacial score (nSPS) is 15.9.